The summed E-state index contributed by atoms with van der Waals surface area (Å²) in [5.74, 6) is 1.97. The van der Waals surface area contributed by atoms with Gasteiger partial charge in [0.05, 0.1) is 11.7 Å². The van der Waals surface area contributed by atoms with Crippen molar-refractivity contribution in [2.24, 2.45) is 23.2 Å². The molecule has 3 aliphatic rings. The van der Waals surface area contributed by atoms with Gasteiger partial charge < -0.3 is 25.2 Å². The SMILES string of the molecule is C=C1/C(=C\C=C2/CCC[C@]3(C)[C@@H]([C@H](C)CCCC(O)(CC)CC)CC[C@@H]23)C[C@@H](O)[C@@H](OCCCO)[C@@H]1O. The Hall–Kier alpha value is -0.980. The van der Waals surface area contributed by atoms with Crippen LogP contribution >= 0.6 is 0 Å². The van der Waals surface area contributed by atoms with Crippen LogP contribution in [0.5, 0.6) is 0 Å². The van der Waals surface area contributed by atoms with Gasteiger partial charge in [-0.2, -0.15) is 0 Å². The minimum Gasteiger partial charge on any atom is -0.396 e. The van der Waals surface area contributed by atoms with Crippen LogP contribution in [-0.4, -0.2) is 57.6 Å². The fourth-order valence-electron chi connectivity index (χ4n) is 7.71. The van der Waals surface area contributed by atoms with Crippen molar-refractivity contribution in [1.29, 1.82) is 0 Å². The summed E-state index contributed by atoms with van der Waals surface area (Å²) in [6.45, 7) is 13.6. The van der Waals surface area contributed by atoms with Crippen molar-refractivity contribution in [3.8, 4) is 0 Å². The van der Waals surface area contributed by atoms with Crippen LogP contribution in [0.3, 0.4) is 0 Å². The van der Waals surface area contributed by atoms with Crippen LogP contribution in [0.1, 0.15) is 105 Å². The fraction of sp³-hybridized carbons (Fsp3) is 0.812. The number of ether oxygens (including phenoxy) is 1. The first-order valence-corrected chi connectivity index (χ1v) is 15.0. The Morgan fingerprint density at radius 3 is 2.57 bits per heavy atom. The van der Waals surface area contributed by atoms with Crippen molar-refractivity contribution < 1.29 is 25.2 Å². The molecule has 0 aliphatic heterocycles. The first-order chi connectivity index (χ1) is 17.6. The highest BCUT2D eigenvalue weighted by atomic mass is 16.5. The van der Waals surface area contributed by atoms with Crippen molar-refractivity contribution in [1.82, 2.24) is 0 Å². The number of hydrogen-bond donors (Lipinski definition) is 4. The van der Waals surface area contributed by atoms with E-state index in [1.165, 1.54) is 37.7 Å². The van der Waals surface area contributed by atoms with E-state index in [9.17, 15) is 15.3 Å². The predicted octanol–water partition coefficient (Wildman–Crippen LogP) is 5.86. The van der Waals surface area contributed by atoms with Crippen LogP contribution in [0.2, 0.25) is 0 Å². The van der Waals surface area contributed by atoms with Crippen molar-refractivity contribution in [3.63, 3.8) is 0 Å². The zero-order valence-corrected chi connectivity index (χ0v) is 23.9. The number of aliphatic hydroxyl groups excluding tert-OH is 3. The topological polar surface area (TPSA) is 90.2 Å². The summed E-state index contributed by atoms with van der Waals surface area (Å²) in [5, 5.41) is 41.0. The van der Waals surface area contributed by atoms with Gasteiger partial charge in [-0.15, -0.1) is 0 Å². The lowest BCUT2D eigenvalue weighted by atomic mass is 9.60. The van der Waals surface area contributed by atoms with Gasteiger partial charge in [0.2, 0.25) is 0 Å². The molecule has 0 unspecified atom stereocenters. The van der Waals surface area contributed by atoms with E-state index in [2.05, 4.69) is 46.4 Å². The maximum Gasteiger partial charge on any atom is 0.114 e. The van der Waals surface area contributed by atoms with Crippen LogP contribution in [0.25, 0.3) is 0 Å². The number of fused-ring (bicyclic) bond motifs is 1. The van der Waals surface area contributed by atoms with E-state index in [0.717, 1.165) is 43.6 Å². The van der Waals surface area contributed by atoms with Crippen LogP contribution in [-0.2, 0) is 4.74 Å². The maximum atomic E-state index is 10.7. The molecule has 0 aromatic rings. The van der Waals surface area contributed by atoms with Gasteiger partial charge in [-0.05, 0) is 92.1 Å². The maximum absolute atomic E-state index is 10.7. The Morgan fingerprint density at radius 2 is 1.89 bits per heavy atom. The molecule has 0 aromatic heterocycles. The van der Waals surface area contributed by atoms with Gasteiger partial charge in [-0.25, -0.2) is 0 Å². The number of hydrogen-bond acceptors (Lipinski definition) is 5. The Kier molecular flexibility index (Phi) is 11.1. The van der Waals surface area contributed by atoms with Crippen molar-refractivity contribution in [3.05, 3.63) is 35.5 Å². The third kappa shape index (κ3) is 6.97. The molecule has 37 heavy (non-hydrogen) atoms. The van der Waals surface area contributed by atoms with E-state index in [-0.39, 0.29) is 6.61 Å². The summed E-state index contributed by atoms with van der Waals surface area (Å²) in [5.41, 5.74) is 2.88. The molecule has 0 bridgehead atoms. The molecule has 5 heteroatoms. The molecule has 0 heterocycles. The zero-order chi connectivity index (χ0) is 27.2. The molecule has 3 saturated carbocycles. The van der Waals surface area contributed by atoms with Crippen molar-refractivity contribution >= 4 is 0 Å². The van der Waals surface area contributed by atoms with Crippen molar-refractivity contribution in [2.75, 3.05) is 13.2 Å². The Bertz CT molecular complexity index is 812. The molecule has 0 spiro atoms. The largest absolute Gasteiger partial charge is 0.396 e. The van der Waals surface area contributed by atoms with E-state index >= 15 is 0 Å². The second kappa shape index (κ2) is 13.4. The molecule has 3 rings (SSSR count). The number of allylic oxidation sites excluding steroid dienone is 3. The summed E-state index contributed by atoms with van der Waals surface area (Å²) in [6.07, 6.45) is 13.9. The average molecular weight is 519 g/mol. The van der Waals surface area contributed by atoms with Crippen LogP contribution in [0.15, 0.2) is 35.5 Å². The Morgan fingerprint density at radius 1 is 1.16 bits per heavy atom. The highest BCUT2D eigenvalue weighted by Crippen LogP contribution is 2.60. The van der Waals surface area contributed by atoms with Crippen LogP contribution < -0.4 is 0 Å². The van der Waals surface area contributed by atoms with Gasteiger partial charge in [-0.3, -0.25) is 0 Å². The van der Waals surface area contributed by atoms with Crippen LogP contribution in [0, 0.1) is 23.2 Å². The van der Waals surface area contributed by atoms with Gasteiger partial charge in [0.1, 0.15) is 12.2 Å². The number of rotatable bonds is 12. The third-order valence-corrected chi connectivity index (χ3v) is 10.3. The van der Waals surface area contributed by atoms with E-state index in [4.69, 9.17) is 9.84 Å². The molecule has 0 radical (unpaired) electrons. The second-order valence-electron chi connectivity index (χ2n) is 12.5. The van der Waals surface area contributed by atoms with Gasteiger partial charge in [0, 0.05) is 19.6 Å². The normalized spacial score (nSPS) is 35.8. The molecule has 0 amide bonds. The van der Waals surface area contributed by atoms with Gasteiger partial charge >= 0.3 is 0 Å². The summed E-state index contributed by atoms with van der Waals surface area (Å²) < 4.78 is 5.65. The Balaban J connectivity index is 1.65. The highest BCUT2D eigenvalue weighted by molar-refractivity contribution is 5.40. The lowest BCUT2D eigenvalue weighted by Crippen LogP contribution is -2.45. The Labute approximate surface area is 225 Å². The molecule has 0 aromatic carbocycles. The molecule has 0 saturated heterocycles. The summed E-state index contributed by atoms with van der Waals surface area (Å²) >= 11 is 0. The molecule has 3 aliphatic carbocycles. The molecular formula is C32H54O5. The van der Waals surface area contributed by atoms with Gasteiger partial charge in [0.25, 0.3) is 0 Å². The molecule has 4 N–H and O–H groups in total. The third-order valence-electron chi connectivity index (χ3n) is 10.3. The molecule has 7 atom stereocenters. The van der Waals surface area contributed by atoms with Crippen molar-refractivity contribution in [2.45, 2.75) is 129 Å². The highest BCUT2D eigenvalue weighted by Gasteiger charge is 2.50. The quantitative estimate of drug-likeness (QED) is 0.243. The lowest BCUT2D eigenvalue weighted by molar-refractivity contribution is -0.0968. The standard InChI is InChI=1S/C32H54O5/c1-6-32(36,7-2)18-8-11-22(3)26-15-16-27-24(12-9-17-31(26,27)5)13-14-25-21-28(34)30(29(35)23(25)4)37-20-10-19-33/h13-14,22,26-30,33-36H,4,6-12,15-21H2,1-3,5H3/b24-13+,25-14-/t22-,26-,27+,28-,29-,30-,31-/m1/s1. The van der Waals surface area contributed by atoms with E-state index < -0.39 is 23.9 Å². The van der Waals surface area contributed by atoms with E-state index in [1.807, 2.05) is 0 Å². The fourth-order valence-corrected chi connectivity index (χ4v) is 7.71. The minimum atomic E-state index is -0.932. The summed E-state index contributed by atoms with van der Waals surface area (Å²) in [7, 11) is 0. The van der Waals surface area contributed by atoms with Crippen LogP contribution in [0.4, 0.5) is 0 Å². The van der Waals surface area contributed by atoms with E-state index in [0.29, 0.717) is 42.3 Å². The monoisotopic (exact) mass is 518 g/mol. The minimum absolute atomic E-state index is 0.0272. The molecule has 5 nitrogen and oxygen atoms in total. The average Bonchev–Trinajstić information content (AvgIpc) is 3.24. The second-order valence-corrected chi connectivity index (χ2v) is 12.5. The van der Waals surface area contributed by atoms with E-state index in [1.54, 1.807) is 0 Å². The summed E-state index contributed by atoms with van der Waals surface area (Å²) in [4.78, 5) is 0. The molecular weight excluding hydrogens is 464 g/mol. The predicted molar refractivity (Wildman–Crippen MR) is 150 cm³/mol. The summed E-state index contributed by atoms with van der Waals surface area (Å²) in [6, 6.07) is 0. The number of aliphatic hydroxyl groups is 4. The molecule has 3 fully saturated rings. The smallest absolute Gasteiger partial charge is 0.114 e. The van der Waals surface area contributed by atoms with Gasteiger partial charge in [0.15, 0.2) is 0 Å². The first-order valence-electron chi connectivity index (χ1n) is 15.0. The first kappa shape index (κ1) is 30.6. The zero-order valence-electron chi connectivity index (χ0n) is 23.9. The van der Waals surface area contributed by atoms with Gasteiger partial charge in [-0.1, -0.05) is 64.8 Å². The lowest BCUT2D eigenvalue weighted by Gasteiger charge is -2.44. The molecule has 212 valence electrons.